The van der Waals surface area contributed by atoms with Gasteiger partial charge in [0.05, 0.1) is 11.6 Å². The third-order valence-corrected chi connectivity index (χ3v) is 3.92. The molecule has 0 fully saturated rings. The molecule has 1 amide bonds. The molecule has 2 aromatic rings. The fourth-order valence-corrected chi connectivity index (χ4v) is 2.38. The van der Waals surface area contributed by atoms with Gasteiger partial charge in [0, 0.05) is 16.6 Å². The number of nitrogens with one attached hydrogen (secondary N) is 1. The number of ether oxygens (including phenoxy) is 1. The average Bonchev–Trinajstić information content (AvgIpc) is 2.59. The first kappa shape index (κ1) is 17.9. The highest BCUT2D eigenvalue weighted by Crippen LogP contribution is 2.19. The van der Waals surface area contributed by atoms with Gasteiger partial charge in [0.25, 0.3) is 5.91 Å². The lowest BCUT2D eigenvalue weighted by atomic mass is 10.0. The second-order valence-corrected chi connectivity index (χ2v) is 6.02. The number of aromatic nitrogens is 1. The van der Waals surface area contributed by atoms with Crippen molar-refractivity contribution in [3.8, 4) is 0 Å². The van der Waals surface area contributed by atoms with Crippen molar-refractivity contribution in [1.29, 1.82) is 0 Å². The number of pyridine rings is 1. The van der Waals surface area contributed by atoms with Crippen molar-refractivity contribution >= 4 is 27.8 Å². The fraction of sp³-hybridized carbons (Fsp3) is 0.235. The van der Waals surface area contributed by atoms with E-state index < -0.39 is 5.97 Å². The molecule has 7 heteroatoms. The maximum absolute atomic E-state index is 12.0. The Balaban J connectivity index is 1.88. The second kappa shape index (κ2) is 8.44. The normalized spacial score (nSPS) is 11.6. The van der Waals surface area contributed by atoms with E-state index in [4.69, 9.17) is 4.74 Å². The standard InChI is InChI=1S/C17H17BrN2O4/c1-2-15(12-3-5-14(18)6-4-12)19-16(21)11-24-17(22)13-7-9-20(23)10-8-13/h3-10,15H,2,11H2,1H3,(H,19,21)/t15-/m1/s1. The van der Waals surface area contributed by atoms with E-state index in [-0.39, 0.29) is 24.1 Å². The summed E-state index contributed by atoms with van der Waals surface area (Å²) in [7, 11) is 0. The summed E-state index contributed by atoms with van der Waals surface area (Å²) in [6, 6.07) is 10.2. The lowest BCUT2D eigenvalue weighted by Crippen LogP contribution is -2.32. The summed E-state index contributed by atoms with van der Waals surface area (Å²) in [5.41, 5.74) is 1.19. The Morgan fingerprint density at radius 3 is 2.42 bits per heavy atom. The molecular weight excluding hydrogens is 376 g/mol. The van der Waals surface area contributed by atoms with Crippen LogP contribution in [0.5, 0.6) is 0 Å². The first-order valence-electron chi connectivity index (χ1n) is 7.40. The highest BCUT2D eigenvalue weighted by Gasteiger charge is 2.15. The predicted molar refractivity (Wildman–Crippen MR) is 91.0 cm³/mol. The molecule has 24 heavy (non-hydrogen) atoms. The van der Waals surface area contributed by atoms with Crippen LogP contribution in [0, 0.1) is 5.21 Å². The van der Waals surface area contributed by atoms with Crippen LogP contribution in [0.25, 0.3) is 0 Å². The van der Waals surface area contributed by atoms with E-state index in [1.807, 2.05) is 31.2 Å². The Labute approximate surface area is 148 Å². The molecule has 0 saturated carbocycles. The first-order valence-corrected chi connectivity index (χ1v) is 8.19. The predicted octanol–water partition coefficient (Wildman–Crippen LogP) is 2.51. The van der Waals surface area contributed by atoms with Crippen LogP contribution in [-0.2, 0) is 9.53 Å². The Hall–Kier alpha value is -2.41. The van der Waals surface area contributed by atoms with E-state index in [1.54, 1.807) is 0 Å². The Kier molecular flexibility index (Phi) is 6.31. The van der Waals surface area contributed by atoms with Crippen molar-refractivity contribution < 1.29 is 19.1 Å². The molecule has 1 N–H and O–H groups in total. The van der Waals surface area contributed by atoms with Gasteiger partial charge in [0.2, 0.25) is 0 Å². The SMILES string of the molecule is CC[C@@H](NC(=O)COC(=O)c1cc[n+]([O-])cc1)c1ccc(Br)cc1. The monoisotopic (exact) mass is 392 g/mol. The first-order chi connectivity index (χ1) is 11.5. The number of nitrogens with zero attached hydrogens (tertiary/aromatic N) is 1. The van der Waals surface area contributed by atoms with E-state index in [0.29, 0.717) is 11.2 Å². The molecule has 6 nitrogen and oxygen atoms in total. The van der Waals surface area contributed by atoms with Crippen LogP contribution in [-0.4, -0.2) is 18.5 Å². The van der Waals surface area contributed by atoms with Gasteiger partial charge in [-0.25, -0.2) is 4.79 Å². The number of benzene rings is 1. The smallest absolute Gasteiger partial charge is 0.339 e. The number of amides is 1. The van der Waals surface area contributed by atoms with Crippen LogP contribution in [0.2, 0.25) is 0 Å². The maximum atomic E-state index is 12.0. The zero-order valence-corrected chi connectivity index (χ0v) is 14.7. The molecule has 126 valence electrons. The molecule has 0 aliphatic rings. The molecule has 2 rings (SSSR count). The third-order valence-electron chi connectivity index (χ3n) is 3.39. The second-order valence-electron chi connectivity index (χ2n) is 5.10. The van der Waals surface area contributed by atoms with Crippen LogP contribution in [0.3, 0.4) is 0 Å². The van der Waals surface area contributed by atoms with Gasteiger partial charge in [-0.15, -0.1) is 0 Å². The summed E-state index contributed by atoms with van der Waals surface area (Å²) in [5, 5.41) is 13.8. The zero-order valence-electron chi connectivity index (χ0n) is 13.1. The Bertz CT molecular complexity index is 702. The van der Waals surface area contributed by atoms with Gasteiger partial charge in [-0.1, -0.05) is 35.0 Å². The molecule has 0 spiro atoms. The molecular formula is C17H17BrN2O4. The highest BCUT2D eigenvalue weighted by atomic mass is 79.9. The van der Waals surface area contributed by atoms with Gasteiger partial charge in [-0.2, -0.15) is 4.73 Å². The van der Waals surface area contributed by atoms with E-state index >= 15 is 0 Å². The number of hydrogen-bond donors (Lipinski definition) is 1. The molecule has 1 heterocycles. The van der Waals surface area contributed by atoms with E-state index in [2.05, 4.69) is 21.2 Å². The Morgan fingerprint density at radius 2 is 1.83 bits per heavy atom. The summed E-state index contributed by atoms with van der Waals surface area (Å²) < 4.78 is 6.49. The average molecular weight is 393 g/mol. The van der Waals surface area contributed by atoms with E-state index in [9.17, 15) is 14.8 Å². The molecule has 1 atom stereocenters. The number of hydrogen-bond acceptors (Lipinski definition) is 4. The van der Waals surface area contributed by atoms with Gasteiger partial charge < -0.3 is 15.3 Å². The molecule has 0 unspecified atom stereocenters. The van der Waals surface area contributed by atoms with Crippen LogP contribution in [0.4, 0.5) is 0 Å². The lowest BCUT2D eigenvalue weighted by Gasteiger charge is -2.17. The molecule has 0 aliphatic carbocycles. The molecule has 1 aromatic carbocycles. The van der Waals surface area contributed by atoms with Crippen molar-refractivity contribution in [2.75, 3.05) is 6.61 Å². The quantitative estimate of drug-likeness (QED) is 0.465. The summed E-state index contributed by atoms with van der Waals surface area (Å²) in [4.78, 5) is 23.8. The van der Waals surface area contributed by atoms with Crippen molar-refractivity contribution in [2.24, 2.45) is 0 Å². The van der Waals surface area contributed by atoms with E-state index in [0.717, 1.165) is 10.0 Å². The number of carbonyl (C=O) groups excluding carboxylic acids is 2. The van der Waals surface area contributed by atoms with E-state index in [1.165, 1.54) is 24.5 Å². The number of halogens is 1. The fourth-order valence-electron chi connectivity index (χ4n) is 2.12. The largest absolute Gasteiger partial charge is 0.619 e. The summed E-state index contributed by atoms with van der Waals surface area (Å²) in [6.45, 7) is 1.58. The highest BCUT2D eigenvalue weighted by molar-refractivity contribution is 9.10. The number of rotatable bonds is 6. The van der Waals surface area contributed by atoms with Crippen molar-refractivity contribution in [3.63, 3.8) is 0 Å². The minimum Gasteiger partial charge on any atom is -0.619 e. The van der Waals surface area contributed by atoms with Crippen LogP contribution in [0.1, 0.15) is 35.3 Å². The summed E-state index contributed by atoms with van der Waals surface area (Å²) >= 11 is 3.37. The minimum atomic E-state index is -0.651. The van der Waals surface area contributed by atoms with Crippen LogP contribution in [0.15, 0.2) is 53.3 Å². The van der Waals surface area contributed by atoms with Gasteiger partial charge >= 0.3 is 5.97 Å². The third kappa shape index (κ3) is 5.06. The van der Waals surface area contributed by atoms with Gasteiger partial charge in [-0.3, -0.25) is 4.79 Å². The van der Waals surface area contributed by atoms with Crippen molar-refractivity contribution in [3.05, 3.63) is 69.6 Å². The summed E-state index contributed by atoms with van der Waals surface area (Å²) in [6.07, 6.45) is 3.10. The number of carbonyl (C=O) groups is 2. The lowest BCUT2D eigenvalue weighted by molar-refractivity contribution is -0.605. The number of esters is 1. The topological polar surface area (TPSA) is 82.3 Å². The Morgan fingerprint density at radius 1 is 1.21 bits per heavy atom. The molecule has 0 bridgehead atoms. The molecule has 0 radical (unpaired) electrons. The van der Waals surface area contributed by atoms with Gasteiger partial charge in [-0.05, 0) is 24.1 Å². The molecule has 0 aliphatic heterocycles. The zero-order chi connectivity index (χ0) is 17.5. The van der Waals surface area contributed by atoms with Crippen LogP contribution < -0.4 is 10.0 Å². The van der Waals surface area contributed by atoms with Crippen LogP contribution >= 0.6 is 15.9 Å². The van der Waals surface area contributed by atoms with Gasteiger partial charge in [0.15, 0.2) is 19.0 Å². The minimum absolute atomic E-state index is 0.152. The van der Waals surface area contributed by atoms with Crippen molar-refractivity contribution in [2.45, 2.75) is 19.4 Å². The van der Waals surface area contributed by atoms with Gasteiger partial charge in [0.1, 0.15) is 0 Å². The molecule has 1 aromatic heterocycles. The maximum Gasteiger partial charge on any atom is 0.339 e. The van der Waals surface area contributed by atoms with Crippen molar-refractivity contribution in [1.82, 2.24) is 5.32 Å². The summed E-state index contributed by atoms with van der Waals surface area (Å²) in [5.74, 6) is -1.03. The molecule has 0 saturated heterocycles.